The second-order valence-electron chi connectivity index (χ2n) is 9.12. The predicted molar refractivity (Wildman–Crippen MR) is 139 cm³/mol. The summed E-state index contributed by atoms with van der Waals surface area (Å²) in [4.78, 5) is 41.4. The quantitative estimate of drug-likeness (QED) is 0.331. The number of carbonyl (C=O) groups excluding carboxylic acids is 2. The number of pyridine rings is 1. The predicted octanol–water partition coefficient (Wildman–Crippen LogP) is 4.24. The Balaban J connectivity index is 1.36. The molecule has 2 fully saturated rings. The number of halogens is 3. The molecule has 0 spiro atoms. The zero-order chi connectivity index (χ0) is 25.1. The lowest BCUT2D eigenvalue weighted by Gasteiger charge is -2.37. The molecule has 4 heterocycles. The minimum Gasteiger partial charge on any atom is -0.383 e. The summed E-state index contributed by atoms with van der Waals surface area (Å²) in [6, 6.07) is 7.61. The Morgan fingerprint density at radius 3 is 2.78 bits per heavy atom. The molecular formula is C24H20Br2FN7O2. The van der Waals surface area contributed by atoms with Crippen LogP contribution in [-0.2, 0) is 16.1 Å². The van der Waals surface area contributed by atoms with Gasteiger partial charge in [-0.15, -0.1) is 0 Å². The standard InChI is InChI=1S/C24H20Br2FN7O2/c25-13-7-12-16(8-14(13)27)33(23-21(12)22(28)29-10-30-23)9-20(35)34-15-5-4-11(15)6-17(34)24(36)32-19-3-1-2-18(26)31-19/h1-3,7-8,10-11,15,17H,4-6,9H2,(H2,28,29,30)(H,31,32,36)/t11-,15-,17+/m1/s1. The second-order valence-corrected chi connectivity index (χ2v) is 10.8. The summed E-state index contributed by atoms with van der Waals surface area (Å²) in [5.41, 5.74) is 7.06. The van der Waals surface area contributed by atoms with Gasteiger partial charge in [0.1, 0.15) is 46.6 Å². The summed E-state index contributed by atoms with van der Waals surface area (Å²) in [6.07, 6.45) is 3.74. The summed E-state index contributed by atoms with van der Waals surface area (Å²) in [6.45, 7) is -0.111. The molecule has 1 saturated heterocycles. The van der Waals surface area contributed by atoms with Gasteiger partial charge in [0, 0.05) is 11.4 Å². The Kier molecular flexibility index (Phi) is 5.67. The van der Waals surface area contributed by atoms with Crippen LogP contribution in [0, 0.1) is 11.7 Å². The second kappa shape index (κ2) is 8.77. The van der Waals surface area contributed by atoms with E-state index in [1.165, 1.54) is 12.4 Å². The molecule has 6 rings (SSSR count). The molecule has 184 valence electrons. The Morgan fingerprint density at radius 1 is 1.19 bits per heavy atom. The van der Waals surface area contributed by atoms with Crippen LogP contribution in [0.1, 0.15) is 19.3 Å². The number of nitrogens with zero attached hydrogens (tertiary/aromatic N) is 5. The highest BCUT2D eigenvalue weighted by atomic mass is 79.9. The zero-order valence-electron chi connectivity index (χ0n) is 18.8. The van der Waals surface area contributed by atoms with E-state index in [-0.39, 0.29) is 40.6 Å². The van der Waals surface area contributed by atoms with Crippen molar-refractivity contribution in [1.29, 1.82) is 0 Å². The van der Waals surface area contributed by atoms with E-state index in [0.29, 0.717) is 38.8 Å². The first-order chi connectivity index (χ1) is 17.3. The molecular weight excluding hydrogens is 597 g/mol. The SMILES string of the molecule is Nc1ncnc2c1c1cc(Br)c(F)cc1n2CC(=O)N1[C@@H]2CC[C@@H]2C[C@H]1C(=O)Nc1cccc(Br)n1. The highest BCUT2D eigenvalue weighted by Crippen LogP contribution is 2.44. The van der Waals surface area contributed by atoms with Crippen LogP contribution < -0.4 is 11.1 Å². The van der Waals surface area contributed by atoms with Crippen LogP contribution in [-0.4, -0.2) is 48.3 Å². The van der Waals surface area contributed by atoms with Gasteiger partial charge in [-0.25, -0.2) is 19.3 Å². The molecule has 9 nitrogen and oxygen atoms in total. The van der Waals surface area contributed by atoms with Gasteiger partial charge in [0.2, 0.25) is 11.8 Å². The molecule has 3 N–H and O–H groups in total. The van der Waals surface area contributed by atoms with Crippen molar-refractivity contribution < 1.29 is 14.0 Å². The number of rotatable bonds is 4. The maximum absolute atomic E-state index is 14.5. The minimum atomic E-state index is -0.616. The number of nitrogens with two attached hydrogens (primary N) is 1. The van der Waals surface area contributed by atoms with Crippen LogP contribution >= 0.6 is 31.9 Å². The third-order valence-corrected chi connectivity index (χ3v) is 8.21. The number of hydrogen-bond acceptors (Lipinski definition) is 6. The van der Waals surface area contributed by atoms with Gasteiger partial charge in [-0.05, 0) is 81.3 Å². The van der Waals surface area contributed by atoms with E-state index >= 15 is 0 Å². The van der Waals surface area contributed by atoms with Gasteiger partial charge in [0.05, 0.1) is 15.4 Å². The van der Waals surface area contributed by atoms with Crippen LogP contribution in [0.5, 0.6) is 0 Å². The molecule has 12 heteroatoms. The molecule has 0 bridgehead atoms. The summed E-state index contributed by atoms with van der Waals surface area (Å²) in [5.74, 6) is -0.0319. The maximum Gasteiger partial charge on any atom is 0.248 e. The highest BCUT2D eigenvalue weighted by Gasteiger charge is 2.51. The van der Waals surface area contributed by atoms with Gasteiger partial charge in [0.25, 0.3) is 0 Å². The molecule has 1 saturated carbocycles. The Labute approximate surface area is 221 Å². The number of nitrogen functional groups attached to an aromatic ring is 1. The van der Waals surface area contributed by atoms with E-state index in [1.54, 1.807) is 33.7 Å². The number of amides is 2. The van der Waals surface area contributed by atoms with Crippen LogP contribution in [0.3, 0.4) is 0 Å². The van der Waals surface area contributed by atoms with Crippen LogP contribution in [0.15, 0.2) is 45.7 Å². The van der Waals surface area contributed by atoms with Crippen molar-refractivity contribution in [2.24, 2.45) is 5.92 Å². The molecule has 2 aliphatic rings. The fraction of sp³-hybridized carbons (Fsp3) is 0.292. The molecule has 0 radical (unpaired) electrons. The molecule has 0 unspecified atom stereocenters. The Hall–Kier alpha value is -3.12. The van der Waals surface area contributed by atoms with E-state index in [0.717, 1.165) is 12.8 Å². The molecule has 3 aromatic heterocycles. The molecule has 4 aromatic rings. The average molecular weight is 617 g/mol. The van der Waals surface area contributed by atoms with Gasteiger partial charge in [-0.3, -0.25) is 9.59 Å². The fourth-order valence-electron chi connectivity index (χ4n) is 5.41. The smallest absolute Gasteiger partial charge is 0.248 e. The van der Waals surface area contributed by atoms with Gasteiger partial charge >= 0.3 is 0 Å². The lowest BCUT2D eigenvalue weighted by Crippen LogP contribution is -2.50. The lowest BCUT2D eigenvalue weighted by molar-refractivity contribution is -0.140. The monoisotopic (exact) mass is 615 g/mol. The number of carbonyl (C=O) groups is 2. The number of nitrogens with one attached hydrogen (secondary N) is 1. The van der Waals surface area contributed by atoms with Crippen molar-refractivity contribution in [2.45, 2.75) is 37.9 Å². The van der Waals surface area contributed by atoms with E-state index in [9.17, 15) is 14.0 Å². The van der Waals surface area contributed by atoms with Crippen molar-refractivity contribution in [1.82, 2.24) is 24.4 Å². The van der Waals surface area contributed by atoms with E-state index in [1.807, 2.05) is 0 Å². The Bertz CT molecular complexity index is 1560. The van der Waals surface area contributed by atoms with Crippen molar-refractivity contribution in [2.75, 3.05) is 11.1 Å². The minimum absolute atomic E-state index is 0.00221. The number of aromatic nitrogens is 4. The van der Waals surface area contributed by atoms with Crippen LogP contribution in [0.25, 0.3) is 21.9 Å². The highest BCUT2D eigenvalue weighted by molar-refractivity contribution is 9.10. The average Bonchev–Trinajstić information content (AvgIpc) is 3.26. The van der Waals surface area contributed by atoms with Gasteiger partial charge in [-0.2, -0.15) is 0 Å². The number of likely N-dealkylation sites (tertiary alicyclic amines) is 1. The number of benzene rings is 1. The largest absolute Gasteiger partial charge is 0.383 e. The van der Waals surface area contributed by atoms with E-state index in [2.05, 4.69) is 52.1 Å². The molecule has 1 aliphatic carbocycles. The Morgan fingerprint density at radius 2 is 2.03 bits per heavy atom. The van der Waals surface area contributed by atoms with Crippen molar-refractivity contribution >= 4 is 77.2 Å². The summed E-state index contributed by atoms with van der Waals surface area (Å²) >= 11 is 6.53. The van der Waals surface area contributed by atoms with Gasteiger partial charge < -0.3 is 20.5 Å². The molecule has 3 atom stereocenters. The van der Waals surface area contributed by atoms with E-state index in [4.69, 9.17) is 5.73 Å². The van der Waals surface area contributed by atoms with Crippen molar-refractivity contribution in [3.8, 4) is 0 Å². The molecule has 1 aromatic carbocycles. The first-order valence-electron chi connectivity index (χ1n) is 11.4. The van der Waals surface area contributed by atoms with Crippen LogP contribution in [0.4, 0.5) is 16.0 Å². The molecule has 1 aliphatic heterocycles. The number of fused-ring (bicyclic) bond motifs is 4. The lowest BCUT2D eigenvalue weighted by atomic mass is 9.80. The third kappa shape index (κ3) is 3.74. The van der Waals surface area contributed by atoms with Gasteiger partial charge in [-0.1, -0.05) is 6.07 Å². The maximum atomic E-state index is 14.5. The first kappa shape index (κ1) is 23.3. The third-order valence-electron chi connectivity index (χ3n) is 7.16. The topological polar surface area (TPSA) is 119 Å². The van der Waals surface area contributed by atoms with E-state index < -0.39 is 11.9 Å². The fourth-order valence-corrected chi connectivity index (χ4v) is 6.09. The summed E-state index contributed by atoms with van der Waals surface area (Å²) in [7, 11) is 0. The number of anilines is 2. The first-order valence-corrected chi connectivity index (χ1v) is 13.0. The number of hydrogen-bond donors (Lipinski definition) is 2. The van der Waals surface area contributed by atoms with Crippen LogP contribution in [0.2, 0.25) is 0 Å². The van der Waals surface area contributed by atoms with Crippen molar-refractivity contribution in [3.63, 3.8) is 0 Å². The molecule has 2 amide bonds. The normalized spacial score (nSPS) is 21.0. The summed E-state index contributed by atoms with van der Waals surface area (Å²) < 4.78 is 17.1. The molecule has 36 heavy (non-hydrogen) atoms. The zero-order valence-corrected chi connectivity index (χ0v) is 22.0. The summed E-state index contributed by atoms with van der Waals surface area (Å²) in [5, 5.41) is 4.04. The van der Waals surface area contributed by atoms with Crippen molar-refractivity contribution in [3.05, 3.63) is 51.6 Å². The van der Waals surface area contributed by atoms with Gasteiger partial charge in [0.15, 0.2) is 0 Å².